The number of aromatic nitrogens is 1. The highest BCUT2D eigenvalue weighted by Gasteiger charge is 2.25. The lowest BCUT2D eigenvalue weighted by Gasteiger charge is -2.29. The van der Waals surface area contributed by atoms with Gasteiger partial charge in [0.15, 0.2) is 5.13 Å². The van der Waals surface area contributed by atoms with Crippen LogP contribution in [0.4, 0.5) is 5.13 Å². The quantitative estimate of drug-likeness (QED) is 0.875. The van der Waals surface area contributed by atoms with Gasteiger partial charge in [-0.25, -0.2) is 4.98 Å². The summed E-state index contributed by atoms with van der Waals surface area (Å²) in [4.78, 5) is 11.4. The zero-order valence-corrected chi connectivity index (χ0v) is 14.8. The van der Waals surface area contributed by atoms with Gasteiger partial charge in [0.1, 0.15) is 0 Å². The smallest absolute Gasteiger partial charge is 0.186 e. The number of nitrogens with one attached hydrogen (secondary N) is 1. The minimum atomic E-state index is 0.598. The highest BCUT2D eigenvalue weighted by Crippen LogP contribution is 2.30. The third-order valence-electron chi connectivity index (χ3n) is 4.26. The van der Waals surface area contributed by atoms with Gasteiger partial charge in [0.05, 0.1) is 5.69 Å². The van der Waals surface area contributed by atoms with E-state index in [2.05, 4.69) is 42.9 Å². The van der Waals surface area contributed by atoms with Crippen molar-refractivity contribution in [3.05, 3.63) is 10.6 Å². The van der Waals surface area contributed by atoms with Crippen LogP contribution in [-0.4, -0.2) is 49.2 Å². The second kappa shape index (κ2) is 8.11. The van der Waals surface area contributed by atoms with E-state index in [-0.39, 0.29) is 0 Å². The minimum absolute atomic E-state index is 0.598. The number of thiazole rings is 1. The molecule has 0 saturated carbocycles. The molecule has 1 unspecified atom stereocenters. The molecule has 0 aromatic carbocycles. The normalized spacial score (nSPS) is 20.8. The third-order valence-corrected chi connectivity index (χ3v) is 5.39. The fraction of sp³-hybridized carbons (Fsp3) is 0.812. The zero-order valence-electron chi connectivity index (χ0n) is 14.0. The van der Waals surface area contributed by atoms with Gasteiger partial charge in [0, 0.05) is 30.6 Å². The van der Waals surface area contributed by atoms with Crippen LogP contribution in [0, 0.1) is 0 Å². The van der Waals surface area contributed by atoms with Gasteiger partial charge in [-0.15, -0.1) is 11.3 Å². The molecule has 0 spiro atoms. The molecule has 4 nitrogen and oxygen atoms in total. The fourth-order valence-corrected chi connectivity index (χ4v) is 4.21. The van der Waals surface area contributed by atoms with E-state index in [0.29, 0.717) is 6.04 Å². The maximum absolute atomic E-state index is 4.96. The molecule has 1 atom stereocenters. The average molecular weight is 311 g/mol. The van der Waals surface area contributed by atoms with E-state index in [1.54, 1.807) is 0 Å². The lowest BCUT2D eigenvalue weighted by Crippen LogP contribution is -2.39. The van der Waals surface area contributed by atoms with Crippen molar-refractivity contribution in [3.8, 4) is 0 Å². The predicted molar refractivity (Wildman–Crippen MR) is 92.4 cm³/mol. The molecular formula is C16H30N4S. The lowest BCUT2D eigenvalue weighted by atomic mass is 10.2. The zero-order chi connectivity index (χ0) is 15.2. The van der Waals surface area contributed by atoms with Gasteiger partial charge in [0.2, 0.25) is 0 Å². The molecule has 2 rings (SSSR count). The van der Waals surface area contributed by atoms with Crippen LogP contribution in [0.5, 0.6) is 0 Å². The Kier molecular flexibility index (Phi) is 6.45. The molecule has 0 radical (unpaired) electrons. The molecule has 21 heavy (non-hydrogen) atoms. The standard InChI is InChI=1S/C16H30N4S/c1-5-13-12-19(4)9-8-10-20(13)16-18-14(6-2)15(21-16)11-17-7-3/h13,17H,5-12H2,1-4H3. The van der Waals surface area contributed by atoms with Crippen LogP contribution >= 0.6 is 11.3 Å². The molecule has 0 aliphatic carbocycles. The fourth-order valence-electron chi connectivity index (χ4n) is 2.99. The van der Waals surface area contributed by atoms with Crippen LogP contribution in [0.1, 0.15) is 44.2 Å². The molecule has 1 aliphatic rings. The summed E-state index contributed by atoms with van der Waals surface area (Å²) in [5.74, 6) is 0. The summed E-state index contributed by atoms with van der Waals surface area (Å²) >= 11 is 1.89. The Morgan fingerprint density at radius 3 is 2.76 bits per heavy atom. The molecular weight excluding hydrogens is 280 g/mol. The van der Waals surface area contributed by atoms with E-state index in [1.807, 2.05) is 11.3 Å². The van der Waals surface area contributed by atoms with Gasteiger partial charge < -0.3 is 15.1 Å². The molecule has 1 aromatic rings. The topological polar surface area (TPSA) is 31.4 Å². The van der Waals surface area contributed by atoms with E-state index in [4.69, 9.17) is 4.98 Å². The van der Waals surface area contributed by atoms with Crippen molar-refractivity contribution >= 4 is 16.5 Å². The Morgan fingerprint density at radius 1 is 1.29 bits per heavy atom. The molecule has 0 bridgehead atoms. The summed E-state index contributed by atoms with van der Waals surface area (Å²) in [5.41, 5.74) is 1.28. The van der Waals surface area contributed by atoms with Crippen molar-refractivity contribution in [2.24, 2.45) is 0 Å². The van der Waals surface area contributed by atoms with Crippen LogP contribution < -0.4 is 10.2 Å². The van der Waals surface area contributed by atoms with Crippen molar-refractivity contribution in [3.63, 3.8) is 0 Å². The van der Waals surface area contributed by atoms with Gasteiger partial charge in [0.25, 0.3) is 0 Å². The van der Waals surface area contributed by atoms with Gasteiger partial charge in [-0.1, -0.05) is 20.8 Å². The van der Waals surface area contributed by atoms with Crippen LogP contribution in [0.3, 0.4) is 0 Å². The monoisotopic (exact) mass is 310 g/mol. The molecule has 1 saturated heterocycles. The van der Waals surface area contributed by atoms with Gasteiger partial charge in [-0.2, -0.15) is 0 Å². The number of nitrogens with zero attached hydrogens (tertiary/aromatic N) is 3. The van der Waals surface area contributed by atoms with Crippen molar-refractivity contribution in [1.82, 2.24) is 15.2 Å². The van der Waals surface area contributed by atoms with Gasteiger partial charge in [-0.3, -0.25) is 0 Å². The first-order valence-corrected chi connectivity index (χ1v) is 9.15. The van der Waals surface area contributed by atoms with E-state index < -0.39 is 0 Å². The number of likely N-dealkylation sites (N-methyl/N-ethyl adjacent to an activating group) is 1. The first-order valence-electron chi connectivity index (χ1n) is 8.34. The largest absolute Gasteiger partial charge is 0.344 e. The van der Waals surface area contributed by atoms with Crippen LogP contribution in [-0.2, 0) is 13.0 Å². The maximum Gasteiger partial charge on any atom is 0.186 e. The molecule has 5 heteroatoms. The number of anilines is 1. The van der Waals surface area contributed by atoms with Gasteiger partial charge >= 0.3 is 0 Å². The molecule has 0 amide bonds. The average Bonchev–Trinajstić information content (AvgIpc) is 2.80. The minimum Gasteiger partial charge on any atom is -0.344 e. The van der Waals surface area contributed by atoms with Crippen molar-refractivity contribution in [2.45, 2.75) is 52.6 Å². The number of aryl methyl sites for hydroxylation is 1. The summed E-state index contributed by atoms with van der Waals surface area (Å²) in [6.07, 6.45) is 3.45. The summed E-state index contributed by atoms with van der Waals surface area (Å²) < 4.78 is 0. The highest BCUT2D eigenvalue weighted by atomic mass is 32.1. The van der Waals surface area contributed by atoms with Crippen molar-refractivity contribution < 1.29 is 0 Å². The molecule has 120 valence electrons. The van der Waals surface area contributed by atoms with Gasteiger partial charge in [-0.05, 0) is 39.4 Å². The number of hydrogen-bond acceptors (Lipinski definition) is 5. The second-order valence-electron chi connectivity index (χ2n) is 5.87. The van der Waals surface area contributed by atoms with Crippen LogP contribution in [0.2, 0.25) is 0 Å². The Labute approximate surface area is 133 Å². The first kappa shape index (κ1) is 16.7. The molecule has 1 N–H and O–H groups in total. The Morgan fingerprint density at radius 2 is 2.10 bits per heavy atom. The molecule has 1 aliphatic heterocycles. The molecule has 1 aromatic heterocycles. The molecule has 2 heterocycles. The number of rotatable bonds is 6. The van der Waals surface area contributed by atoms with Crippen LogP contribution in [0.15, 0.2) is 0 Å². The summed E-state index contributed by atoms with van der Waals surface area (Å²) in [7, 11) is 2.24. The number of hydrogen-bond donors (Lipinski definition) is 1. The Balaban J connectivity index is 2.20. The van der Waals surface area contributed by atoms with Crippen LogP contribution in [0.25, 0.3) is 0 Å². The van der Waals surface area contributed by atoms with Crippen molar-refractivity contribution in [1.29, 1.82) is 0 Å². The second-order valence-corrected chi connectivity index (χ2v) is 6.93. The SMILES string of the molecule is CCNCc1sc(N2CCCN(C)CC2CC)nc1CC. The maximum atomic E-state index is 4.96. The summed E-state index contributed by atoms with van der Waals surface area (Å²) in [6, 6.07) is 0.598. The van der Waals surface area contributed by atoms with E-state index >= 15 is 0 Å². The molecule has 1 fully saturated rings. The van der Waals surface area contributed by atoms with E-state index in [1.165, 1.54) is 35.1 Å². The summed E-state index contributed by atoms with van der Waals surface area (Å²) in [5, 5.41) is 4.68. The first-order chi connectivity index (χ1) is 10.2. The Hall–Kier alpha value is -0.650. The lowest BCUT2D eigenvalue weighted by molar-refractivity contribution is 0.328. The predicted octanol–water partition coefficient (Wildman–Crippen LogP) is 2.74. The highest BCUT2D eigenvalue weighted by molar-refractivity contribution is 7.15. The summed E-state index contributed by atoms with van der Waals surface area (Å²) in [6.45, 7) is 12.1. The van der Waals surface area contributed by atoms with E-state index in [9.17, 15) is 0 Å². The Bertz CT molecular complexity index is 432. The van der Waals surface area contributed by atoms with Crippen molar-refractivity contribution in [2.75, 3.05) is 38.1 Å². The third kappa shape index (κ3) is 4.18. The van der Waals surface area contributed by atoms with E-state index in [0.717, 1.165) is 32.6 Å².